The van der Waals surface area contributed by atoms with Gasteiger partial charge in [0.1, 0.15) is 0 Å². The molecule has 0 aromatic heterocycles. The number of benzene rings is 1. The number of carboxylic acid groups (broad SMARTS) is 1. The van der Waals surface area contributed by atoms with Crippen LogP contribution in [0.3, 0.4) is 0 Å². The molecule has 2 rings (SSSR count). The molecule has 4 N–H and O–H groups in total. The maximum absolute atomic E-state index is 11.9. The number of hydrogen-bond acceptors (Lipinski definition) is 2. The van der Waals surface area contributed by atoms with Crippen LogP contribution in [0.2, 0.25) is 0 Å². The Morgan fingerprint density at radius 1 is 1.00 bits per heavy atom. The van der Waals surface area contributed by atoms with Gasteiger partial charge in [-0.3, -0.25) is 0 Å². The number of carbonyl (C=O) groups excluding carboxylic acids is 1. The molecule has 0 bridgehead atoms. The van der Waals surface area contributed by atoms with Crippen LogP contribution in [0.1, 0.15) is 31.2 Å². The molecule has 0 aliphatic heterocycles. The lowest BCUT2D eigenvalue weighted by atomic mass is 9.91. The summed E-state index contributed by atoms with van der Waals surface area (Å²) in [7, 11) is 0. The molecule has 1 saturated carbocycles. The van der Waals surface area contributed by atoms with E-state index in [1.54, 1.807) is 0 Å². The molecule has 1 aliphatic rings. The first-order valence-electron chi connectivity index (χ1n) is 7.16. The average molecular weight is 291 g/mol. The zero-order chi connectivity index (χ0) is 15.2. The molecule has 1 aromatic carbocycles. The molecule has 0 unspecified atom stereocenters. The summed E-state index contributed by atoms with van der Waals surface area (Å²) >= 11 is 0. The summed E-state index contributed by atoms with van der Waals surface area (Å²) in [5, 5.41) is 16.9. The molecule has 114 valence electrons. The van der Waals surface area contributed by atoms with Crippen LogP contribution in [0.4, 0.5) is 15.3 Å². The third kappa shape index (κ3) is 4.98. The lowest BCUT2D eigenvalue weighted by molar-refractivity contribution is 0.183. The van der Waals surface area contributed by atoms with Crippen LogP contribution in [0.5, 0.6) is 0 Å². The predicted octanol–water partition coefficient (Wildman–Crippen LogP) is 2.70. The van der Waals surface area contributed by atoms with Crippen molar-refractivity contribution in [2.75, 3.05) is 5.32 Å². The smallest absolute Gasteiger partial charge is 0.404 e. The number of anilines is 1. The van der Waals surface area contributed by atoms with Gasteiger partial charge in [-0.1, -0.05) is 17.7 Å². The van der Waals surface area contributed by atoms with E-state index in [-0.39, 0.29) is 18.1 Å². The van der Waals surface area contributed by atoms with Crippen LogP contribution in [0, 0.1) is 6.92 Å². The fourth-order valence-corrected chi connectivity index (χ4v) is 2.55. The van der Waals surface area contributed by atoms with Gasteiger partial charge >= 0.3 is 12.1 Å². The summed E-state index contributed by atoms with van der Waals surface area (Å²) in [5.41, 5.74) is 1.91. The number of amides is 3. The molecule has 0 spiro atoms. The third-order valence-corrected chi connectivity index (χ3v) is 3.70. The molecular formula is C15H21N3O3. The van der Waals surface area contributed by atoms with E-state index in [0.717, 1.165) is 36.9 Å². The van der Waals surface area contributed by atoms with Crippen molar-refractivity contribution in [2.45, 2.75) is 44.7 Å². The molecule has 0 atom stereocenters. The zero-order valence-electron chi connectivity index (χ0n) is 12.1. The van der Waals surface area contributed by atoms with E-state index >= 15 is 0 Å². The Bertz CT molecular complexity index is 493. The van der Waals surface area contributed by atoms with Gasteiger partial charge < -0.3 is 21.1 Å². The molecule has 6 heteroatoms. The molecule has 21 heavy (non-hydrogen) atoms. The Balaban J connectivity index is 1.74. The summed E-state index contributed by atoms with van der Waals surface area (Å²) in [6.07, 6.45) is 2.09. The third-order valence-electron chi connectivity index (χ3n) is 3.70. The highest BCUT2D eigenvalue weighted by Crippen LogP contribution is 2.19. The average Bonchev–Trinajstić information content (AvgIpc) is 2.43. The van der Waals surface area contributed by atoms with E-state index in [2.05, 4.69) is 16.0 Å². The van der Waals surface area contributed by atoms with Gasteiger partial charge in [-0.15, -0.1) is 0 Å². The lowest BCUT2D eigenvalue weighted by Gasteiger charge is -2.28. The largest absolute Gasteiger partial charge is 0.465 e. The number of rotatable bonds is 3. The van der Waals surface area contributed by atoms with Crippen LogP contribution in [-0.2, 0) is 0 Å². The van der Waals surface area contributed by atoms with Gasteiger partial charge in [0, 0.05) is 17.8 Å². The van der Waals surface area contributed by atoms with Gasteiger partial charge in [-0.2, -0.15) is 0 Å². The fourth-order valence-electron chi connectivity index (χ4n) is 2.55. The normalized spacial score (nSPS) is 21.4. The number of aryl methyl sites for hydroxylation is 1. The van der Waals surface area contributed by atoms with Crippen molar-refractivity contribution in [1.82, 2.24) is 10.6 Å². The summed E-state index contributed by atoms with van der Waals surface area (Å²) in [6.45, 7) is 1.99. The van der Waals surface area contributed by atoms with E-state index in [9.17, 15) is 9.59 Å². The zero-order valence-corrected chi connectivity index (χ0v) is 12.1. The van der Waals surface area contributed by atoms with Crippen molar-refractivity contribution in [3.05, 3.63) is 29.8 Å². The van der Waals surface area contributed by atoms with Crippen molar-refractivity contribution in [1.29, 1.82) is 0 Å². The van der Waals surface area contributed by atoms with Gasteiger partial charge in [0.05, 0.1) is 0 Å². The van der Waals surface area contributed by atoms with Crippen LogP contribution in [0.25, 0.3) is 0 Å². The molecule has 1 aromatic rings. The fraction of sp³-hybridized carbons (Fsp3) is 0.467. The highest BCUT2D eigenvalue weighted by atomic mass is 16.4. The van der Waals surface area contributed by atoms with E-state index < -0.39 is 6.09 Å². The number of nitrogens with one attached hydrogen (secondary N) is 3. The summed E-state index contributed by atoms with van der Waals surface area (Å²) in [5.74, 6) is 0. The molecule has 0 radical (unpaired) electrons. The van der Waals surface area contributed by atoms with Crippen molar-refractivity contribution < 1.29 is 14.7 Å². The highest BCUT2D eigenvalue weighted by molar-refractivity contribution is 5.89. The van der Waals surface area contributed by atoms with Crippen LogP contribution in [-0.4, -0.2) is 29.3 Å². The van der Waals surface area contributed by atoms with Gasteiger partial charge in [0.25, 0.3) is 0 Å². The highest BCUT2D eigenvalue weighted by Gasteiger charge is 2.23. The van der Waals surface area contributed by atoms with E-state index in [4.69, 9.17) is 5.11 Å². The first-order chi connectivity index (χ1) is 10.0. The van der Waals surface area contributed by atoms with Crippen LogP contribution >= 0.6 is 0 Å². The molecule has 1 aliphatic carbocycles. The second kappa shape index (κ2) is 6.97. The van der Waals surface area contributed by atoms with Gasteiger partial charge in [-0.25, -0.2) is 9.59 Å². The van der Waals surface area contributed by atoms with Crippen molar-refractivity contribution in [2.24, 2.45) is 0 Å². The van der Waals surface area contributed by atoms with Crippen LogP contribution < -0.4 is 16.0 Å². The first-order valence-corrected chi connectivity index (χ1v) is 7.16. The predicted molar refractivity (Wildman–Crippen MR) is 80.5 cm³/mol. The molecule has 0 heterocycles. The van der Waals surface area contributed by atoms with Crippen LogP contribution in [0.15, 0.2) is 24.3 Å². The summed E-state index contributed by atoms with van der Waals surface area (Å²) in [6, 6.07) is 7.50. The summed E-state index contributed by atoms with van der Waals surface area (Å²) < 4.78 is 0. The maximum Gasteiger partial charge on any atom is 0.404 e. The Morgan fingerprint density at radius 3 is 2.05 bits per heavy atom. The van der Waals surface area contributed by atoms with E-state index in [1.807, 2.05) is 31.2 Å². The monoisotopic (exact) mass is 291 g/mol. The van der Waals surface area contributed by atoms with E-state index in [1.165, 1.54) is 0 Å². The molecule has 1 fully saturated rings. The minimum absolute atomic E-state index is 0.000657. The Morgan fingerprint density at radius 2 is 1.52 bits per heavy atom. The molecule has 0 saturated heterocycles. The molecule has 6 nitrogen and oxygen atoms in total. The minimum Gasteiger partial charge on any atom is -0.465 e. The molecular weight excluding hydrogens is 270 g/mol. The number of hydrogen-bond donors (Lipinski definition) is 4. The quantitative estimate of drug-likeness (QED) is 0.690. The van der Waals surface area contributed by atoms with Gasteiger partial charge in [0.2, 0.25) is 0 Å². The van der Waals surface area contributed by atoms with Crippen molar-refractivity contribution >= 4 is 17.8 Å². The van der Waals surface area contributed by atoms with Crippen molar-refractivity contribution in [3.63, 3.8) is 0 Å². The summed E-state index contributed by atoms with van der Waals surface area (Å²) in [4.78, 5) is 22.5. The lowest BCUT2D eigenvalue weighted by Crippen LogP contribution is -2.44. The topological polar surface area (TPSA) is 90.5 Å². The minimum atomic E-state index is -0.983. The van der Waals surface area contributed by atoms with Crippen molar-refractivity contribution in [3.8, 4) is 0 Å². The second-order valence-corrected chi connectivity index (χ2v) is 5.46. The molecule has 3 amide bonds. The van der Waals surface area contributed by atoms with E-state index in [0.29, 0.717) is 0 Å². The van der Waals surface area contributed by atoms with Gasteiger partial charge in [0.15, 0.2) is 0 Å². The SMILES string of the molecule is Cc1ccc(NC(=O)NC2CCC(NC(=O)O)CC2)cc1. The maximum atomic E-state index is 11.9. The number of carbonyl (C=O) groups is 2. The Hall–Kier alpha value is -2.24. The number of urea groups is 1. The standard InChI is InChI=1S/C15H21N3O3/c1-10-2-4-11(5-3-10)16-14(19)17-12-6-8-13(9-7-12)18-15(20)21/h2-5,12-13,18H,6-9H2,1H3,(H,20,21)(H2,16,17,19). The Kier molecular flexibility index (Phi) is 5.03. The second-order valence-electron chi connectivity index (χ2n) is 5.46. The van der Waals surface area contributed by atoms with Gasteiger partial charge in [-0.05, 0) is 44.7 Å². The first kappa shape index (κ1) is 15.2. The Labute approximate surface area is 123 Å².